The lowest BCUT2D eigenvalue weighted by molar-refractivity contribution is -0.398. The lowest BCUT2D eigenvalue weighted by Crippen LogP contribution is -2.71. The Labute approximate surface area is 572 Å². The van der Waals surface area contributed by atoms with E-state index in [1.165, 1.54) is 0 Å². The number of rotatable bonds is 26. The van der Waals surface area contributed by atoms with Gasteiger partial charge in [0.1, 0.15) is 195 Å². The molecule has 8 heterocycles. The zero-order valence-corrected chi connectivity index (χ0v) is 54.3. The van der Waals surface area contributed by atoms with Crippen molar-refractivity contribution in [2.24, 2.45) is 0 Å². The minimum absolute atomic E-state index is 0.770. The molecule has 4 amide bonds. The zero-order valence-electron chi connectivity index (χ0n) is 54.3. The number of nitrogens with one attached hydrogen (secondary N) is 4. The van der Waals surface area contributed by atoms with Gasteiger partial charge in [-0.1, -0.05) is 0 Å². The molecule has 584 valence electrons. The molecule has 8 aliphatic rings. The predicted octanol–water partition coefficient (Wildman–Crippen LogP) is -17.9. The molecule has 45 nitrogen and oxygen atoms in total. The minimum Gasteiger partial charge on any atom is -0.394 e. The second-order valence-corrected chi connectivity index (χ2v) is 25.4. The number of hydrogen-bond acceptors (Lipinski definition) is 41. The topological polar surface area (TPSA) is 700 Å². The number of aliphatic hydroxyl groups is 22. The first-order valence-electron chi connectivity index (χ1n) is 32.1. The fourth-order valence-electron chi connectivity index (χ4n) is 13.0. The van der Waals surface area contributed by atoms with Crippen molar-refractivity contribution in [3.8, 4) is 0 Å². The molecule has 40 unspecified atom stereocenters. The summed E-state index contributed by atoms with van der Waals surface area (Å²) in [6.45, 7) is -4.55. The Morgan fingerprint density at radius 2 is 0.545 bits per heavy atom. The molecule has 26 N–H and O–H groups in total. The van der Waals surface area contributed by atoms with Crippen LogP contribution in [0.15, 0.2) is 0 Å². The van der Waals surface area contributed by atoms with E-state index in [4.69, 9.17) is 71.1 Å². The van der Waals surface area contributed by atoms with Crippen LogP contribution < -0.4 is 21.3 Å². The van der Waals surface area contributed by atoms with Crippen molar-refractivity contribution in [3.63, 3.8) is 0 Å². The maximum absolute atomic E-state index is 12.9. The van der Waals surface area contributed by atoms with Crippen molar-refractivity contribution in [3.05, 3.63) is 0 Å². The first-order valence-corrected chi connectivity index (χ1v) is 32.1. The Balaban J connectivity index is 1.14. The molecule has 0 aromatic carbocycles. The zero-order chi connectivity index (χ0) is 74.5. The molecular weight excluding hydrogens is 1380 g/mol. The Bertz CT molecular complexity index is 2640. The van der Waals surface area contributed by atoms with Gasteiger partial charge in [0.2, 0.25) is 23.6 Å². The van der Waals surface area contributed by atoms with Crippen LogP contribution in [-0.2, 0) is 90.2 Å². The maximum atomic E-state index is 12.9. The van der Waals surface area contributed by atoms with Crippen LogP contribution in [0.2, 0.25) is 0 Å². The molecule has 0 radical (unpaired) electrons. The smallest absolute Gasteiger partial charge is 0.217 e. The van der Waals surface area contributed by atoms with Crippen molar-refractivity contribution >= 4 is 23.6 Å². The number of carbonyl (C=O) groups is 4. The molecule has 101 heavy (non-hydrogen) atoms. The molecule has 8 rings (SSSR count). The molecular formula is C56H94N4O41. The van der Waals surface area contributed by atoms with E-state index in [0.29, 0.717) is 0 Å². The molecule has 8 saturated heterocycles. The van der Waals surface area contributed by atoms with Crippen molar-refractivity contribution in [1.82, 2.24) is 21.3 Å². The third-order valence-corrected chi connectivity index (χ3v) is 18.3. The van der Waals surface area contributed by atoms with Crippen LogP contribution in [0.1, 0.15) is 27.7 Å². The highest BCUT2D eigenvalue weighted by Gasteiger charge is 2.60. The molecule has 0 saturated carbocycles. The van der Waals surface area contributed by atoms with E-state index in [-0.39, 0.29) is 0 Å². The second-order valence-electron chi connectivity index (χ2n) is 25.4. The van der Waals surface area contributed by atoms with E-state index < -0.39 is 322 Å². The van der Waals surface area contributed by atoms with E-state index in [0.717, 1.165) is 27.7 Å². The summed E-state index contributed by atoms with van der Waals surface area (Å²) in [5.74, 6) is -3.45. The van der Waals surface area contributed by atoms with E-state index in [1.54, 1.807) is 0 Å². The Morgan fingerprint density at radius 1 is 0.257 bits per heavy atom. The van der Waals surface area contributed by atoms with Crippen molar-refractivity contribution in [2.45, 2.75) is 273 Å². The molecule has 0 aromatic rings. The van der Waals surface area contributed by atoms with Crippen molar-refractivity contribution in [1.29, 1.82) is 0 Å². The Kier molecular flexibility index (Phi) is 29.9. The fourth-order valence-corrected chi connectivity index (χ4v) is 13.0. The highest BCUT2D eigenvalue weighted by molar-refractivity contribution is 5.74. The second kappa shape index (κ2) is 36.3. The predicted molar refractivity (Wildman–Crippen MR) is 311 cm³/mol. The molecule has 0 aliphatic carbocycles. The van der Waals surface area contributed by atoms with Gasteiger partial charge in [0.05, 0.1) is 52.9 Å². The standard InChI is InChI=1S/C56H94N4O41/c1-13(68)57-25-35(78)43(21(9-65)88-49(25)86)96-51-27(59-15(3)70)36(79)45(23(11-67)93-51)98-54-42(85)46(33(76)24(95-54)12-87-55-47(39(82)31(74)19(7-63)91-55)100-50-26(58-14(2)69)34(77)29(72)17(5-61)89-50)99-56-48(40(83)32(75)20(8-64)92-56)101-52-28(60-16(4)71)37(80)44(22(10-66)94-52)97-53-41(84)38(81)30(73)18(6-62)90-53/h17-56,61-67,72-86H,5-12H2,1-4H3,(H,57,68)(H,58,69)(H,59,70)(H,60,71). The quantitative estimate of drug-likeness (QED) is 0.0382. The lowest BCUT2D eigenvalue weighted by Gasteiger charge is -2.51. The third kappa shape index (κ3) is 18.5. The summed E-state index contributed by atoms with van der Waals surface area (Å²) in [4.78, 5) is 50.2. The summed E-state index contributed by atoms with van der Waals surface area (Å²) < 4.78 is 88.6. The molecule has 8 aliphatic heterocycles. The average Bonchev–Trinajstić information content (AvgIpc) is 0.775. The molecule has 0 spiro atoms. The van der Waals surface area contributed by atoms with E-state index >= 15 is 0 Å². The number of hydrogen-bond donors (Lipinski definition) is 26. The highest BCUT2D eigenvalue weighted by atomic mass is 16.8. The summed E-state index contributed by atoms with van der Waals surface area (Å²) in [5.41, 5.74) is 0. The fraction of sp³-hybridized carbons (Fsp3) is 0.929. The van der Waals surface area contributed by atoms with Gasteiger partial charge in [-0.3, -0.25) is 19.2 Å². The Morgan fingerprint density at radius 3 is 0.970 bits per heavy atom. The van der Waals surface area contributed by atoms with Gasteiger partial charge in [0.15, 0.2) is 50.3 Å². The van der Waals surface area contributed by atoms with Gasteiger partial charge in [-0.2, -0.15) is 0 Å². The van der Waals surface area contributed by atoms with Gasteiger partial charge in [0, 0.05) is 27.7 Å². The normalized spacial score (nSPS) is 48.3. The summed E-state index contributed by atoms with van der Waals surface area (Å²) in [5, 5.41) is 252. The molecule has 45 heteroatoms. The monoisotopic (exact) mass is 1480 g/mol. The third-order valence-electron chi connectivity index (χ3n) is 18.3. The largest absolute Gasteiger partial charge is 0.394 e. The van der Waals surface area contributed by atoms with Gasteiger partial charge in [-0.05, 0) is 0 Å². The summed E-state index contributed by atoms with van der Waals surface area (Å²) in [7, 11) is 0. The number of aliphatic hydroxyl groups excluding tert-OH is 22. The van der Waals surface area contributed by atoms with Crippen LogP contribution in [-0.4, -0.2) is 434 Å². The van der Waals surface area contributed by atoms with E-state index in [1.807, 2.05) is 0 Å². The Hall–Kier alpha value is -3.60. The lowest BCUT2D eigenvalue weighted by atomic mass is 9.93. The van der Waals surface area contributed by atoms with Gasteiger partial charge in [0.25, 0.3) is 0 Å². The first-order chi connectivity index (χ1) is 47.8. The number of carbonyl (C=O) groups excluding carboxylic acids is 4. The molecule has 8 fully saturated rings. The van der Waals surface area contributed by atoms with Gasteiger partial charge in [-0.15, -0.1) is 0 Å². The van der Waals surface area contributed by atoms with Crippen molar-refractivity contribution in [2.75, 3.05) is 52.9 Å². The van der Waals surface area contributed by atoms with Crippen LogP contribution in [0, 0.1) is 0 Å². The van der Waals surface area contributed by atoms with Crippen LogP contribution in [0.25, 0.3) is 0 Å². The molecule has 0 bridgehead atoms. The van der Waals surface area contributed by atoms with Gasteiger partial charge < -0.3 is 205 Å². The van der Waals surface area contributed by atoms with Crippen LogP contribution >= 0.6 is 0 Å². The summed E-state index contributed by atoms with van der Waals surface area (Å²) >= 11 is 0. The van der Waals surface area contributed by atoms with Crippen LogP contribution in [0.3, 0.4) is 0 Å². The maximum Gasteiger partial charge on any atom is 0.217 e. The number of amides is 4. The first kappa shape index (κ1) is 83.0. The van der Waals surface area contributed by atoms with Crippen molar-refractivity contribution < 1.29 is 203 Å². The highest BCUT2D eigenvalue weighted by Crippen LogP contribution is 2.39. The SMILES string of the molecule is CC(=O)NC1C(O)OC(CO)C(OC2OC(CO)C(OC3OC(COC4OC(CO)C(O)C(O)C4OC4OC(CO)C(O)C(O)C4NC(C)=O)C(O)C(OC4OC(CO)C(O)C(O)C4OC4OC(CO)C(OC5OC(CO)C(O)C(O)C5O)C(O)C4NC(C)=O)C3O)C(O)C2NC(C)=O)C1O. The van der Waals surface area contributed by atoms with E-state index in [2.05, 4.69) is 21.3 Å². The summed E-state index contributed by atoms with van der Waals surface area (Å²) in [6.07, 6.45) is -73.5. The summed E-state index contributed by atoms with van der Waals surface area (Å²) in [6, 6.07) is -7.14. The van der Waals surface area contributed by atoms with Gasteiger partial charge >= 0.3 is 0 Å². The molecule has 0 aromatic heterocycles. The van der Waals surface area contributed by atoms with E-state index in [9.17, 15) is 132 Å². The minimum atomic E-state index is -2.52. The average molecular weight is 1480 g/mol. The molecule has 40 atom stereocenters. The number of ether oxygens (including phenoxy) is 15. The van der Waals surface area contributed by atoms with Crippen LogP contribution in [0.5, 0.6) is 0 Å². The van der Waals surface area contributed by atoms with Crippen LogP contribution in [0.4, 0.5) is 0 Å². The van der Waals surface area contributed by atoms with Gasteiger partial charge in [-0.25, -0.2) is 0 Å².